The van der Waals surface area contributed by atoms with Crippen LogP contribution in [0.2, 0.25) is 0 Å². The molecular weight excluding hydrogens is 326 g/mol. The quantitative estimate of drug-likeness (QED) is 0.814. The zero-order chi connectivity index (χ0) is 15.2. The number of halogens is 1. The minimum atomic E-state index is 0.319. The van der Waals surface area contributed by atoms with Gasteiger partial charge in [0.25, 0.3) is 0 Å². The monoisotopic (exact) mass is 349 g/mol. The average molecular weight is 350 g/mol. The molecule has 114 valence electrons. The van der Waals surface area contributed by atoms with Crippen molar-refractivity contribution in [2.75, 3.05) is 6.54 Å². The lowest BCUT2D eigenvalue weighted by Gasteiger charge is -2.19. The number of nitrogens with zero attached hydrogens (tertiary/aromatic N) is 2. The number of rotatable bonds is 7. The highest BCUT2D eigenvalue weighted by Crippen LogP contribution is 2.27. The Bertz CT molecular complexity index is 563. The predicted molar refractivity (Wildman–Crippen MR) is 91.5 cm³/mol. The molecule has 1 heterocycles. The zero-order valence-electron chi connectivity index (χ0n) is 13.1. The van der Waals surface area contributed by atoms with Crippen LogP contribution >= 0.6 is 15.9 Å². The van der Waals surface area contributed by atoms with Crippen LogP contribution in [0.25, 0.3) is 0 Å². The maximum atomic E-state index is 4.70. The van der Waals surface area contributed by atoms with Gasteiger partial charge in [0.15, 0.2) is 0 Å². The Balaban J connectivity index is 2.31. The molecule has 2 aromatic rings. The van der Waals surface area contributed by atoms with Gasteiger partial charge in [-0.25, -0.2) is 0 Å². The fourth-order valence-electron chi connectivity index (χ4n) is 2.65. The molecule has 0 aliphatic rings. The number of aromatic nitrogens is 2. The van der Waals surface area contributed by atoms with E-state index in [4.69, 9.17) is 5.10 Å². The molecule has 0 amide bonds. The van der Waals surface area contributed by atoms with Gasteiger partial charge in [-0.2, -0.15) is 5.10 Å². The summed E-state index contributed by atoms with van der Waals surface area (Å²) in [5.74, 6) is 0. The van der Waals surface area contributed by atoms with Crippen molar-refractivity contribution in [3.8, 4) is 0 Å². The Kier molecular flexibility index (Phi) is 6.00. The lowest BCUT2D eigenvalue weighted by atomic mass is 10.0. The molecule has 1 aromatic heterocycles. The van der Waals surface area contributed by atoms with E-state index in [0.29, 0.717) is 6.04 Å². The van der Waals surface area contributed by atoms with Gasteiger partial charge in [0.1, 0.15) is 0 Å². The molecule has 0 radical (unpaired) electrons. The highest BCUT2D eigenvalue weighted by Gasteiger charge is 2.19. The minimum absolute atomic E-state index is 0.319. The number of nitrogens with one attached hydrogen (secondary N) is 1. The standard InChI is InChI=1S/C17H24BrN3/c1-4-14-17(18)16(21(6-3)20-14)12-15(19-5-2)13-10-8-7-9-11-13/h7-11,15,19H,4-6,12H2,1-3H3. The van der Waals surface area contributed by atoms with Crippen LogP contribution in [0.4, 0.5) is 0 Å². The summed E-state index contributed by atoms with van der Waals surface area (Å²) in [6.07, 6.45) is 1.90. The van der Waals surface area contributed by atoms with Gasteiger partial charge < -0.3 is 5.32 Å². The molecule has 0 aliphatic heterocycles. The van der Waals surface area contributed by atoms with Crippen molar-refractivity contribution in [1.29, 1.82) is 0 Å². The molecule has 1 N–H and O–H groups in total. The summed E-state index contributed by atoms with van der Waals surface area (Å²) in [5.41, 5.74) is 3.76. The van der Waals surface area contributed by atoms with Gasteiger partial charge in [-0.3, -0.25) is 4.68 Å². The molecule has 0 aliphatic carbocycles. The summed E-state index contributed by atoms with van der Waals surface area (Å²) in [6.45, 7) is 8.31. The molecule has 0 bridgehead atoms. The molecule has 1 atom stereocenters. The normalized spacial score (nSPS) is 12.6. The first-order chi connectivity index (χ1) is 10.2. The van der Waals surface area contributed by atoms with E-state index in [9.17, 15) is 0 Å². The van der Waals surface area contributed by atoms with Gasteiger partial charge in [-0.05, 0) is 41.4 Å². The van der Waals surface area contributed by atoms with E-state index in [0.717, 1.165) is 31.6 Å². The van der Waals surface area contributed by atoms with Gasteiger partial charge in [0.05, 0.1) is 15.9 Å². The Morgan fingerprint density at radius 2 is 1.90 bits per heavy atom. The number of hydrogen-bond acceptors (Lipinski definition) is 2. The van der Waals surface area contributed by atoms with Crippen LogP contribution in [-0.2, 0) is 19.4 Å². The second kappa shape index (κ2) is 7.76. The van der Waals surface area contributed by atoms with Crippen LogP contribution in [0, 0.1) is 0 Å². The molecule has 0 saturated heterocycles. The maximum Gasteiger partial charge on any atom is 0.0766 e. The first-order valence-electron chi connectivity index (χ1n) is 7.73. The van der Waals surface area contributed by atoms with E-state index in [1.165, 1.54) is 15.7 Å². The predicted octanol–water partition coefficient (Wildman–Crippen LogP) is 4.12. The van der Waals surface area contributed by atoms with Crippen molar-refractivity contribution in [1.82, 2.24) is 15.1 Å². The van der Waals surface area contributed by atoms with E-state index >= 15 is 0 Å². The van der Waals surface area contributed by atoms with Gasteiger partial charge in [0.2, 0.25) is 0 Å². The summed E-state index contributed by atoms with van der Waals surface area (Å²) < 4.78 is 3.29. The minimum Gasteiger partial charge on any atom is -0.310 e. The summed E-state index contributed by atoms with van der Waals surface area (Å²) in [6, 6.07) is 11.0. The van der Waals surface area contributed by atoms with E-state index < -0.39 is 0 Å². The largest absolute Gasteiger partial charge is 0.310 e. The fraction of sp³-hybridized carbons (Fsp3) is 0.471. The third-order valence-corrected chi connectivity index (χ3v) is 4.66. The van der Waals surface area contributed by atoms with Crippen molar-refractivity contribution in [2.24, 2.45) is 0 Å². The molecule has 0 spiro atoms. The Morgan fingerprint density at radius 1 is 1.19 bits per heavy atom. The van der Waals surface area contributed by atoms with Gasteiger partial charge in [-0.1, -0.05) is 44.2 Å². The van der Waals surface area contributed by atoms with E-state index in [2.05, 4.69) is 77.0 Å². The van der Waals surface area contributed by atoms with Crippen LogP contribution in [0.1, 0.15) is 43.8 Å². The van der Waals surface area contributed by atoms with E-state index in [1.54, 1.807) is 0 Å². The average Bonchev–Trinajstić information content (AvgIpc) is 2.83. The number of benzene rings is 1. The van der Waals surface area contributed by atoms with Crippen LogP contribution in [0.3, 0.4) is 0 Å². The number of hydrogen-bond donors (Lipinski definition) is 1. The van der Waals surface area contributed by atoms with E-state index in [1.807, 2.05) is 0 Å². The van der Waals surface area contributed by atoms with Crippen molar-refractivity contribution in [3.05, 3.63) is 51.8 Å². The molecule has 0 fully saturated rings. The Labute approximate surface area is 135 Å². The third kappa shape index (κ3) is 3.74. The summed E-state index contributed by atoms with van der Waals surface area (Å²) in [5, 5.41) is 8.29. The van der Waals surface area contributed by atoms with Crippen molar-refractivity contribution >= 4 is 15.9 Å². The van der Waals surface area contributed by atoms with Gasteiger partial charge in [0, 0.05) is 19.0 Å². The highest BCUT2D eigenvalue weighted by molar-refractivity contribution is 9.10. The first-order valence-corrected chi connectivity index (χ1v) is 8.52. The summed E-state index contributed by atoms with van der Waals surface area (Å²) in [4.78, 5) is 0. The molecule has 21 heavy (non-hydrogen) atoms. The Morgan fingerprint density at radius 3 is 2.48 bits per heavy atom. The van der Waals surface area contributed by atoms with E-state index in [-0.39, 0.29) is 0 Å². The molecule has 4 heteroatoms. The van der Waals surface area contributed by atoms with Crippen molar-refractivity contribution < 1.29 is 0 Å². The molecule has 2 rings (SSSR count). The number of likely N-dealkylation sites (N-methyl/N-ethyl adjacent to an activating group) is 1. The van der Waals surface area contributed by atoms with Crippen molar-refractivity contribution in [3.63, 3.8) is 0 Å². The molecular formula is C17H24BrN3. The SMILES string of the molecule is CCNC(Cc1c(Br)c(CC)nn1CC)c1ccccc1. The van der Waals surface area contributed by atoms with Crippen molar-refractivity contribution in [2.45, 2.75) is 46.2 Å². The zero-order valence-corrected chi connectivity index (χ0v) is 14.7. The molecule has 3 nitrogen and oxygen atoms in total. The van der Waals surface area contributed by atoms with Crippen LogP contribution in [-0.4, -0.2) is 16.3 Å². The summed E-state index contributed by atoms with van der Waals surface area (Å²) in [7, 11) is 0. The maximum absolute atomic E-state index is 4.70. The van der Waals surface area contributed by atoms with Gasteiger partial charge in [-0.15, -0.1) is 0 Å². The molecule has 0 saturated carbocycles. The second-order valence-corrected chi connectivity index (χ2v) is 5.89. The third-order valence-electron chi connectivity index (χ3n) is 3.74. The molecule has 1 aromatic carbocycles. The van der Waals surface area contributed by atoms with Gasteiger partial charge >= 0.3 is 0 Å². The highest BCUT2D eigenvalue weighted by atomic mass is 79.9. The Hall–Kier alpha value is -1.13. The lowest BCUT2D eigenvalue weighted by molar-refractivity contribution is 0.515. The van der Waals surface area contributed by atoms with Crippen LogP contribution in [0.15, 0.2) is 34.8 Å². The topological polar surface area (TPSA) is 29.9 Å². The lowest BCUT2D eigenvalue weighted by Crippen LogP contribution is -2.24. The first kappa shape index (κ1) is 16.2. The molecule has 1 unspecified atom stereocenters. The smallest absolute Gasteiger partial charge is 0.0766 e. The van der Waals surface area contributed by atoms with Crippen LogP contribution in [0.5, 0.6) is 0 Å². The number of aryl methyl sites for hydroxylation is 2. The fourth-order valence-corrected chi connectivity index (χ4v) is 3.37. The second-order valence-electron chi connectivity index (χ2n) is 5.10. The van der Waals surface area contributed by atoms with Crippen LogP contribution < -0.4 is 5.32 Å². The summed E-state index contributed by atoms with van der Waals surface area (Å²) >= 11 is 3.74.